The molecule has 0 aliphatic carbocycles. The van der Waals surface area contributed by atoms with E-state index in [1.165, 1.54) is 4.57 Å². The fraction of sp³-hybridized carbons (Fsp3) is 0.208. The van der Waals surface area contributed by atoms with Crippen molar-refractivity contribution in [3.63, 3.8) is 0 Å². The molecule has 6 nitrogen and oxygen atoms in total. The fourth-order valence-corrected chi connectivity index (χ4v) is 3.39. The Balaban J connectivity index is 1.83. The molecule has 0 aliphatic rings. The van der Waals surface area contributed by atoms with Crippen LogP contribution in [0.5, 0.6) is 0 Å². The summed E-state index contributed by atoms with van der Waals surface area (Å²) in [6.07, 6.45) is 0.781. The smallest absolute Gasteiger partial charge is 0.323 e. The summed E-state index contributed by atoms with van der Waals surface area (Å²) in [7, 11) is 0. The summed E-state index contributed by atoms with van der Waals surface area (Å²) in [6, 6.07) is 22.4. The Bertz CT molecular complexity index is 1080. The second-order valence-electron chi connectivity index (χ2n) is 7.12. The maximum Gasteiger partial charge on any atom is 0.323 e. The number of hydrogen-bond donors (Lipinski definition) is 2. The van der Waals surface area contributed by atoms with Gasteiger partial charge >= 0.3 is 5.97 Å². The summed E-state index contributed by atoms with van der Waals surface area (Å²) >= 11 is 0. The quantitative estimate of drug-likeness (QED) is 0.600. The molecule has 1 unspecified atom stereocenters. The number of carbonyl (C=O) groups is 2. The molecule has 3 rings (SSSR count). The predicted molar refractivity (Wildman–Crippen MR) is 116 cm³/mol. The summed E-state index contributed by atoms with van der Waals surface area (Å²) < 4.78 is 1.22. The van der Waals surface area contributed by atoms with Crippen molar-refractivity contribution in [3.8, 4) is 0 Å². The van der Waals surface area contributed by atoms with Crippen molar-refractivity contribution in [2.24, 2.45) is 0 Å². The van der Waals surface area contributed by atoms with Crippen molar-refractivity contribution in [1.82, 2.24) is 4.57 Å². The maximum absolute atomic E-state index is 13.0. The van der Waals surface area contributed by atoms with Crippen LogP contribution < -0.4 is 10.9 Å². The summed E-state index contributed by atoms with van der Waals surface area (Å²) in [5.41, 5.74) is 2.14. The highest BCUT2D eigenvalue weighted by Gasteiger charge is 2.18. The molecule has 1 aromatic heterocycles. The molecule has 0 radical (unpaired) electrons. The number of amides is 1. The molecule has 0 spiro atoms. The molecule has 30 heavy (non-hydrogen) atoms. The van der Waals surface area contributed by atoms with Gasteiger partial charge in [0.15, 0.2) is 0 Å². The van der Waals surface area contributed by atoms with E-state index in [9.17, 15) is 19.5 Å². The highest BCUT2D eigenvalue weighted by Crippen LogP contribution is 2.24. The number of nitrogens with zero attached hydrogens (tertiary/aromatic N) is 1. The van der Waals surface area contributed by atoms with Gasteiger partial charge in [0.1, 0.15) is 12.2 Å². The molecule has 0 bridgehead atoms. The van der Waals surface area contributed by atoms with Crippen molar-refractivity contribution in [1.29, 1.82) is 0 Å². The number of anilines is 1. The van der Waals surface area contributed by atoms with E-state index in [-0.39, 0.29) is 23.9 Å². The number of pyridine rings is 1. The molecule has 0 aliphatic heterocycles. The van der Waals surface area contributed by atoms with E-state index in [0.717, 1.165) is 11.1 Å². The highest BCUT2D eigenvalue weighted by molar-refractivity contribution is 5.90. The van der Waals surface area contributed by atoms with Gasteiger partial charge in [-0.1, -0.05) is 67.6 Å². The van der Waals surface area contributed by atoms with E-state index in [4.69, 9.17) is 0 Å². The van der Waals surface area contributed by atoms with Gasteiger partial charge in [-0.25, -0.2) is 0 Å². The first-order valence-corrected chi connectivity index (χ1v) is 9.80. The average molecular weight is 404 g/mol. The van der Waals surface area contributed by atoms with E-state index in [1.807, 2.05) is 67.6 Å². The van der Waals surface area contributed by atoms with Crippen LogP contribution in [0, 0.1) is 0 Å². The molecule has 1 atom stereocenters. The lowest BCUT2D eigenvalue weighted by Gasteiger charge is -2.19. The van der Waals surface area contributed by atoms with Crippen LogP contribution in [0.1, 0.15) is 36.1 Å². The molecule has 0 saturated carbocycles. The van der Waals surface area contributed by atoms with Crippen molar-refractivity contribution in [2.75, 3.05) is 5.32 Å². The number of aliphatic carboxylic acids is 1. The Hall–Kier alpha value is -3.67. The van der Waals surface area contributed by atoms with Gasteiger partial charge in [-0.2, -0.15) is 0 Å². The Morgan fingerprint density at radius 2 is 1.60 bits per heavy atom. The normalized spacial score (nSPS) is 11.6. The zero-order valence-corrected chi connectivity index (χ0v) is 16.7. The summed E-state index contributed by atoms with van der Waals surface area (Å²) in [6.45, 7) is 1.44. The van der Waals surface area contributed by atoms with E-state index >= 15 is 0 Å². The van der Waals surface area contributed by atoms with Crippen LogP contribution in [0.4, 0.5) is 5.69 Å². The second-order valence-corrected chi connectivity index (χ2v) is 7.12. The van der Waals surface area contributed by atoms with Crippen LogP contribution in [0.25, 0.3) is 0 Å². The predicted octanol–water partition coefficient (Wildman–Crippen LogP) is 3.66. The van der Waals surface area contributed by atoms with Crippen LogP contribution in [0.15, 0.2) is 77.6 Å². The topological polar surface area (TPSA) is 88.4 Å². The van der Waals surface area contributed by atoms with Gasteiger partial charge in [-0.15, -0.1) is 0 Å². The van der Waals surface area contributed by atoms with Gasteiger partial charge in [-0.3, -0.25) is 19.0 Å². The number of hydrogen-bond acceptors (Lipinski definition) is 3. The van der Waals surface area contributed by atoms with E-state index in [2.05, 4.69) is 5.32 Å². The minimum atomic E-state index is -1.12. The van der Waals surface area contributed by atoms with Gasteiger partial charge in [0.25, 0.3) is 5.56 Å². The Labute approximate surface area is 174 Å². The number of aryl methyl sites for hydroxylation is 1. The largest absolute Gasteiger partial charge is 0.480 e. The lowest BCUT2D eigenvalue weighted by Crippen LogP contribution is -2.31. The van der Waals surface area contributed by atoms with Crippen LogP contribution in [0.2, 0.25) is 0 Å². The summed E-state index contributed by atoms with van der Waals surface area (Å²) in [4.78, 5) is 36.7. The van der Waals surface area contributed by atoms with Gasteiger partial charge < -0.3 is 10.4 Å². The molecule has 1 amide bonds. The molecule has 6 heteroatoms. The molecule has 2 N–H and O–H groups in total. The number of benzene rings is 2. The monoisotopic (exact) mass is 404 g/mol. The van der Waals surface area contributed by atoms with Crippen LogP contribution in [-0.4, -0.2) is 21.6 Å². The zero-order valence-electron chi connectivity index (χ0n) is 16.7. The van der Waals surface area contributed by atoms with Crippen LogP contribution in [-0.2, 0) is 22.6 Å². The number of nitrogens with one attached hydrogen (secondary N) is 1. The van der Waals surface area contributed by atoms with Crippen molar-refractivity contribution < 1.29 is 14.7 Å². The molecular weight excluding hydrogens is 380 g/mol. The Morgan fingerprint density at radius 1 is 0.967 bits per heavy atom. The third-order valence-electron chi connectivity index (χ3n) is 5.00. The first kappa shape index (κ1) is 21.0. The van der Waals surface area contributed by atoms with Crippen molar-refractivity contribution >= 4 is 17.6 Å². The number of carboxylic acids is 1. The van der Waals surface area contributed by atoms with E-state index < -0.39 is 18.1 Å². The number of rotatable bonds is 8. The van der Waals surface area contributed by atoms with Crippen LogP contribution >= 0.6 is 0 Å². The molecule has 2 aromatic carbocycles. The summed E-state index contributed by atoms with van der Waals surface area (Å²) in [5.74, 6) is -1.59. The van der Waals surface area contributed by atoms with Gasteiger partial charge in [0.05, 0.1) is 0 Å². The van der Waals surface area contributed by atoms with Gasteiger partial charge in [-0.05, 0) is 29.7 Å². The van der Waals surface area contributed by atoms with Gasteiger partial charge in [0.2, 0.25) is 5.91 Å². The molecule has 0 saturated heterocycles. The SMILES string of the molecule is CC(c1ccccc1)c1ccc(NC(=O)CCc2ccccc2)c(=O)n1CC(=O)O. The number of aromatic nitrogens is 1. The highest BCUT2D eigenvalue weighted by atomic mass is 16.4. The molecule has 0 fully saturated rings. The summed E-state index contributed by atoms with van der Waals surface area (Å²) in [5, 5.41) is 11.9. The Kier molecular flexibility index (Phi) is 6.80. The van der Waals surface area contributed by atoms with Crippen LogP contribution in [0.3, 0.4) is 0 Å². The first-order valence-electron chi connectivity index (χ1n) is 9.80. The van der Waals surface area contributed by atoms with Crippen molar-refractivity contribution in [2.45, 2.75) is 32.2 Å². The second kappa shape index (κ2) is 9.69. The fourth-order valence-electron chi connectivity index (χ4n) is 3.39. The zero-order chi connectivity index (χ0) is 21.5. The maximum atomic E-state index is 13.0. The number of carboxylic acid groups (broad SMARTS) is 1. The van der Waals surface area contributed by atoms with E-state index in [0.29, 0.717) is 12.1 Å². The van der Waals surface area contributed by atoms with E-state index in [1.54, 1.807) is 12.1 Å². The number of carbonyl (C=O) groups excluding carboxylic acids is 1. The standard InChI is InChI=1S/C24H24N2O4/c1-17(19-10-6-3-7-11-19)21-14-13-20(24(30)26(21)16-23(28)29)25-22(27)15-12-18-8-4-2-5-9-18/h2-11,13-14,17H,12,15-16H2,1H3,(H,25,27)(H,28,29). The molecule has 154 valence electrons. The van der Waals surface area contributed by atoms with Gasteiger partial charge in [0, 0.05) is 18.0 Å². The van der Waals surface area contributed by atoms with Crippen molar-refractivity contribution in [3.05, 3.63) is 100.0 Å². The third kappa shape index (κ3) is 5.23. The third-order valence-corrected chi connectivity index (χ3v) is 5.00. The minimum Gasteiger partial charge on any atom is -0.480 e. The minimum absolute atomic E-state index is 0.0818. The lowest BCUT2D eigenvalue weighted by molar-refractivity contribution is -0.137. The average Bonchev–Trinajstić information content (AvgIpc) is 2.76. The molecule has 3 aromatic rings. The molecular formula is C24H24N2O4. The first-order chi connectivity index (χ1) is 14.5. The Morgan fingerprint density at radius 3 is 2.23 bits per heavy atom. The molecule has 1 heterocycles. The lowest BCUT2D eigenvalue weighted by atomic mass is 9.96.